The van der Waals surface area contributed by atoms with Crippen LogP contribution < -0.4 is 0 Å². The minimum absolute atomic E-state index is 0.298. The Morgan fingerprint density at radius 3 is 2.50 bits per heavy atom. The Labute approximate surface area is 113 Å². The van der Waals surface area contributed by atoms with Crippen LogP contribution in [0.15, 0.2) is 23.3 Å². The summed E-state index contributed by atoms with van der Waals surface area (Å²) in [5.74, 6) is 0.494. The van der Waals surface area contributed by atoms with E-state index in [1.54, 1.807) is 0 Å². The SMILES string of the molecule is C/C1=C(\C)COC(C)C(C)/C=C\CC(C)(C)CC1. The first kappa shape index (κ1) is 15.5. The van der Waals surface area contributed by atoms with Gasteiger partial charge in [0, 0.05) is 0 Å². The van der Waals surface area contributed by atoms with Crippen LogP contribution in [0.25, 0.3) is 0 Å². The van der Waals surface area contributed by atoms with Gasteiger partial charge in [0.2, 0.25) is 0 Å². The van der Waals surface area contributed by atoms with Crippen molar-refractivity contribution in [1.82, 2.24) is 0 Å². The molecule has 0 aromatic rings. The molecule has 0 aliphatic carbocycles. The molecular formula is C17H30O. The van der Waals surface area contributed by atoms with Crippen molar-refractivity contribution in [1.29, 1.82) is 0 Å². The van der Waals surface area contributed by atoms with Crippen molar-refractivity contribution in [3.63, 3.8) is 0 Å². The van der Waals surface area contributed by atoms with E-state index in [0.29, 0.717) is 17.4 Å². The lowest BCUT2D eigenvalue weighted by Crippen LogP contribution is -2.19. The van der Waals surface area contributed by atoms with Crippen LogP contribution in [0, 0.1) is 11.3 Å². The van der Waals surface area contributed by atoms with Crippen molar-refractivity contribution in [2.75, 3.05) is 6.61 Å². The van der Waals surface area contributed by atoms with E-state index in [-0.39, 0.29) is 0 Å². The van der Waals surface area contributed by atoms with Gasteiger partial charge >= 0.3 is 0 Å². The van der Waals surface area contributed by atoms with Gasteiger partial charge in [-0.1, -0.05) is 38.5 Å². The highest BCUT2D eigenvalue weighted by atomic mass is 16.5. The molecule has 1 aliphatic heterocycles. The smallest absolute Gasteiger partial charge is 0.0680 e. The molecule has 0 aromatic carbocycles. The number of hydrogen-bond donors (Lipinski definition) is 0. The molecule has 1 rings (SSSR count). The van der Waals surface area contributed by atoms with E-state index in [1.165, 1.54) is 24.0 Å². The Hall–Kier alpha value is -0.560. The van der Waals surface area contributed by atoms with Crippen molar-refractivity contribution >= 4 is 0 Å². The van der Waals surface area contributed by atoms with Gasteiger partial charge in [0.1, 0.15) is 0 Å². The number of allylic oxidation sites excluding steroid dienone is 2. The van der Waals surface area contributed by atoms with Crippen LogP contribution in [0.3, 0.4) is 0 Å². The summed E-state index contributed by atoms with van der Waals surface area (Å²) in [7, 11) is 0. The lowest BCUT2D eigenvalue weighted by Gasteiger charge is -2.25. The Morgan fingerprint density at radius 1 is 1.17 bits per heavy atom. The lowest BCUT2D eigenvalue weighted by molar-refractivity contribution is 0.0579. The van der Waals surface area contributed by atoms with E-state index in [0.717, 1.165) is 13.0 Å². The molecule has 0 aromatic heterocycles. The van der Waals surface area contributed by atoms with Gasteiger partial charge in [-0.15, -0.1) is 0 Å². The molecule has 0 saturated carbocycles. The largest absolute Gasteiger partial charge is 0.374 e. The summed E-state index contributed by atoms with van der Waals surface area (Å²) >= 11 is 0. The molecular weight excluding hydrogens is 220 g/mol. The molecule has 104 valence electrons. The predicted octanol–water partition coefficient (Wildman–Crippen LogP) is 5.13. The van der Waals surface area contributed by atoms with Gasteiger partial charge in [0.05, 0.1) is 12.7 Å². The summed E-state index contributed by atoms with van der Waals surface area (Å²) in [6.07, 6.45) is 8.57. The second-order valence-corrected chi connectivity index (χ2v) is 6.73. The highest BCUT2D eigenvalue weighted by molar-refractivity contribution is 5.11. The summed E-state index contributed by atoms with van der Waals surface area (Å²) in [5.41, 5.74) is 3.32. The fourth-order valence-electron chi connectivity index (χ4n) is 2.13. The summed E-state index contributed by atoms with van der Waals surface area (Å²) in [4.78, 5) is 0. The third kappa shape index (κ3) is 4.97. The van der Waals surface area contributed by atoms with E-state index >= 15 is 0 Å². The average Bonchev–Trinajstić information content (AvgIpc) is 2.31. The Bertz CT molecular complexity index is 323. The van der Waals surface area contributed by atoms with Crippen molar-refractivity contribution in [3.8, 4) is 0 Å². The van der Waals surface area contributed by atoms with Gasteiger partial charge < -0.3 is 4.74 Å². The zero-order valence-corrected chi connectivity index (χ0v) is 13.0. The normalized spacial score (nSPS) is 36.6. The maximum atomic E-state index is 5.95. The van der Waals surface area contributed by atoms with E-state index in [9.17, 15) is 0 Å². The first-order chi connectivity index (χ1) is 8.32. The molecule has 0 N–H and O–H groups in total. The van der Waals surface area contributed by atoms with Gasteiger partial charge in [-0.25, -0.2) is 0 Å². The Kier molecular flexibility index (Phi) is 5.65. The fourth-order valence-corrected chi connectivity index (χ4v) is 2.13. The maximum Gasteiger partial charge on any atom is 0.0680 e. The second-order valence-electron chi connectivity index (χ2n) is 6.73. The van der Waals surface area contributed by atoms with Gasteiger partial charge in [-0.3, -0.25) is 0 Å². The van der Waals surface area contributed by atoms with Crippen LogP contribution >= 0.6 is 0 Å². The minimum atomic E-state index is 0.298. The van der Waals surface area contributed by atoms with E-state index in [2.05, 4.69) is 53.7 Å². The second kappa shape index (κ2) is 6.56. The quantitative estimate of drug-likeness (QED) is 0.541. The monoisotopic (exact) mass is 250 g/mol. The number of rotatable bonds is 0. The zero-order valence-electron chi connectivity index (χ0n) is 13.0. The van der Waals surface area contributed by atoms with Gasteiger partial charge in [0.15, 0.2) is 0 Å². The van der Waals surface area contributed by atoms with Crippen LogP contribution in [0.2, 0.25) is 0 Å². The highest BCUT2D eigenvalue weighted by Gasteiger charge is 2.18. The first-order valence-electron chi connectivity index (χ1n) is 7.25. The van der Waals surface area contributed by atoms with Crippen molar-refractivity contribution in [2.24, 2.45) is 11.3 Å². The van der Waals surface area contributed by atoms with Crippen molar-refractivity contribution in [2.45, 2.75) is 66.9 Å². The molecule has 0 bridgehead atoms. The molecule has 1 heteroatoms. The zero-order chi connectivity index (χ0) is 13.8. The van der Waals surface area contributed by atoms with Crippen LogP contribution in [-0.2, 0) is 4.74 Å². The molecule has 0 radical (unpaired) electrons. The minimum Gasteiger partial charge on any atom is -0.374 e. The average molecular weight is 250 g/mol. The van der Waals surface area contributed by atoms with Crippen LogP contribution in [0.5, 0.6) is 0 Å². The fraction of sp³-hybridized carbons (Fsp3) is 0.765. The maximum absolute atomic E-state index is 5.95. The predicted molar refractivity (Wildman–Crippen MR) is 79.7 cm³/mol. The van der Waals surface area contributed by atoms with Crippen LogP contribution in [0.4, 0.5) is 0 Å². The van der Waals surface area contributed by atoms with Crippen LogP contribution in [0.1, 0.15) is 60.8 Å². The molecule has 2 atom stereocenters. The molecule has 0 amide bonds. The third-order valence-electron chi connectivity index (χ3n) is 4.32. The van der Waals surface area contributed by atoms with Crippen LogP contribution in [-0.4, -0.2) is 12.7 Å². The van der Waals surface area contributed by atoms with Gasteiger partial charge in [0.25, 0.3) is 0 Å². The Balaban J connectivity index is 2.82. The standard InChI is InChI=1S/C17H30O/c1-13-9-11-17(5,6)10-7-8-14(2)16(4)18-12-15(13)3/h7-8,14,16H,9-12H2,1-6H3/b8-7-,15-13-. The van der Waals surface area contributed by atoms with Crippen molar-refractivity contribution in [3.05, 3.63) is 23.3 Å². The lowest BCUT2D eigenvalue weighted by atomic mass is 9.82. The van der Waals surface area contributed by atoms with Gasteiger partial charge in [-0.2, -0.15) is 0 Å². The molecule has 1 aliphatic rings. The van der Waals surface area contributed by atoms with E-state index in [1.807, 2.05) is 0 Å². The Morgan fingerprint density at radius 2 is 1.83 bits per heavy atom. The molecule has 1 nitrogen and oxygen atoms in total. The first-order valence-corrected chi connectivity index (χ1v) is 7.25. The summed E-state index contributed by atoms with van der Waals surface area (Å²) in [6.45, 7) is 14.4. The topological polar surface area (TPSA) is 9.23 Å². The highest BCUT2D eigenvalue weighted by Crippen LogP contribution is 2.30. The third-order valence-corrected chi connectivity index (χ3v) is 4.32. The van der Waals surface area contributed by atoms with E-state index < -0.39 is 0 Å². The molecule has 0 fully saturated rings. The van der Waals surface area contributed by atoms with E-state index in [4.69, 9.17) is 4.74 Å². The number of hydrogen-bond acceptors (Lipinski definition) is 1. The summed E-state index contributed by atoms with van der Waals surface area (Å²) in [6, 6.07) is 0. The number of ether oxygens (including phenoxy) is 1. The summed E-state index contributed by atoms with van der Waals surface area (Å²) < 4.78 is 5.95. The van der Waals surface area contributed by atoms with Gasteiger partial charge in [-0.05, 0) is 56.9 Å². The molecule has 2 unspecified atom stereocenters. The van der Waals surface area contributed by atoms with Crippen molar-refractivity contribution < 1.29 is 4.74 Å². The molecule has 18 heavy (non-hydrogen) atoms. The molecule has 0 saturated heterocycles. The molecule has 0 spiro atoms. The summed E-state index contributed by atoms with van der Waals surface area (Å²) in [5, 5.41) is 0. The molecule has 1 heterocycles.